The third-order valence-electron chi connectivity index (χ3n) is 6.06. The van der Waals surface area contributed by atoms with Gasteiger partial charge in [0.2, 0.25) is 6.79 Å². The summed E-state index contributed by atoms with van der Waals surface area (Å²) in [7, 11) is 1.59. The van der Waals surface area contributed by atoms with E-state index in [2.05, 4.69) is 4.99 Å². The normalized spacial score (nSPS) is 16.7. The van der Waals surface area contributed by atoms with Gasteiger partial charge in [0.25, 0.3) is 5.56 Å². The van der Waals surface area contributed by atoms with Gasteiger partial charge in [-0.1, -0.05) is 23.5 Å². The van der Waals surface area contributed by atoms with Crippen LogP contribution < -0.4 is 29.1 Å². The summed E-state index contributed by atoms with van der Waals surface area (Å²) in [6, 6.07) is 10.4. The molecule has 0 radical (unpaired) electrons. The molecule has 0 saturated carbocycles. The Balaban J connectivity index is 1.69. The van der Waals surface area contributed by atoms with Crippen LogP contribution in [-0.4, -0.2) is 30.5 Å². The number of thiazole rings is 1. The molecule has 0 N–H and O–H groups in total. The maximum atomic E-state index is 13.8. The molecule has 0 fully saturated rings. The van der Waals surface area contributed by atoms with Gasteiger partial charge in [-0.3, -0.25) is 9.36 Å². The fraction of sp³-hybridized carbons (Fsp3) is 0.296. The number of carbonyl (C=O) groups excluding carboxylic acids is 1. The lowest BCUT2D eigenvalue weighted by Crippen LogP contribution is -2.40. The first kappa shape index (κ1) is 23.9. The van der Waals surface area contributed by atoms with Crippen molar-refractivity contribution in [3.63, 3.8) is 0 Å². The van der Waals surface area contributed by atoms with E-state index in [-0.39, 0.29) is 18.5 Å². The largest absolute Gasteiger partial charge is 0.497 e. The van der Waals surface area contributed by atoms with Crippen molar-refractivity contribution >= 4 is 23.4 Å². The molecule has 1 aromatic heterocycles. The van der Waals surface area contributed by atoms with Crippen molar-refractivity contribution in [1.82, 2.24) is 4.57 Å². The molecule has 3 heterocycles. The van der Waals surface area contributed by atoms with Crippen LogP contribution in [0.5, 0.6) is 17.2 Å². The quantitative estimate of drug-likeness (QED) is 0.494. The zero-order valence-corrected chi connectivity index (χ0v) is 21.5. The van der Waals surface area contributed by atoms with Crippen molar-refractivity contribution in [3.05, 3.63) is 84.0 Å². The lowest BCUT2D eigenvalue weighted by molar-refractivity contribution is -0.143. The van der Waals surface area contributed by atoms with Crippen LogP contribution in [0.25, 0.3) is 6.08 Å². The number of methoxy groups -OCH3 is 1. The summed E-state index contributed by atoms with van der Waals surface area (Å²) in [5.74, 6) is 1.52. The van der Waals surface area contributed by atoms with Gasteiger partial charge < -0.3 is 18.9 Å². The SMILES string of the molecule is COc1ccc([C@@H]2C(C(=O)OC(C)C)=C(C)N=c3s/c(=C\c4cc5c(cc4C)OCO5)c(=O)n32)cc1. The number of hydrogen-bond acceptors (Lipinski definition) is 8. The van der Waals surface area contributed by atoms with Crippen molar-refractivity contribution in [1.29, 1.82) is 0 Å². The summed E-state index contributed by atoms with van der Waals surface area (Å²) in [5.41, 5.74) is 3.18. The second-order valence-electron chi connectivity index (χ2n) is 8.87. The highest BCUT2D eigenvalue weighted by Gasteiger charge is 2.33. The number of ether oxygens (including phenoxy) is 4. The number of allylic oxidation sites excluding steroid dienone is 1. The van der Waals surface area contributed by atoms with E-state index >= 15 is 0 Å². The van der Waals surface area contributed by atoms with E-state index in [1.54, 1.807) is 32.4 Å². The Kier molecular flexibility index (Phi) is 6.17. The number of fused-ring (bicyclic) bond motifs is 2. The molecule has 2 aliphatic rings. The maximum Gasteiger partial charge on any atom is 0.338 e. The number of carbonyl (C=O) groups is 1. The standard InChI is InChI=1S/C27H26N2O6S/c1-14(2)35-26(31)23-16(4)28-27-29(24(23)17-6-8-19(32-5)9-7-17)25(30)22(36-27)12-18-11-21-20(10-15(18)3)33-13-34-21/h6-12,14,24H,13H2,1-5H3/b22-12-/t24-/m1/s1. The van der Waals surface area contributed by atoms with Crippen LogP contribution in [-0.2, 0) is 9.53 Å². The van der Waals surface area contributed by atoms with Crippen molar-refractivity contribution < 1.29 is 23.7 Å². The third kappa shape index (κ3) is 4.19. The predicted molar refractivity (Wildman–Crippen MR) is 135 cm³/mol. The first-order valence-electron chi connectivity index (χ1n) is 11.5. The first-order valence-corrected chi connectivity index (χ1v) is 12.4. The predicted octanol–water partition coefficient (Wildman–Crippen LogP) is 3.23. The molecule has 0 aliphatic carbocycles. The molecule has 0 unspecified atom stereocenters. The van der Waals surface area contributed by atoms with Gasteiger partial charge in [-0.25, -0.2) is 9.79 Å². The first-order chi connectivity index (χ1) is 17.3. The summed E-state index contributed by atoms with van der Waals surface area (Å²) in [4.78, 5) is 32.1. The van der Waals surface area contributed by atoms with E-state index in [4.69, 9.17) is 18.9 Å². The summed E-state index contributed by atoms with van der Waals surface area (Å²) < 4.78 is 23.9. The molecular weight excluding hydrogens is 480 g/mol. The highest BCUT2D eigenvalue weighted by Crippen LogP contribution is 2.35. The lowest BCUT2D eigenvalue weighted by atomic mass is 9.96. The zero-order valence-electron chi connectivity index (χ0n) is 20.7. The van der Waals surface area contributed by atoms with Crippen molar-refractivity contribution in [2.75, 3.05) is 13.9 Å². The molecule has 0 saturated heterocycles. The maximum absolute atomic E-state index is 13.8. The molecule has 0 spiro atoms. The van der Waals surface area contributed by atoms with Gasteiger partial charge in [-0.05, 0) is 74.7 Å². The molecule has 9 heteroatoms. The molecule has 5 rings (SSSR count). The van der Waals surface area contributed by atoms with Gasteiger partial charge in [-0.2, -0.15) is 0 Å². The molecular formula is C27H26N2O6S. The smallest absolute Gasteiger partial charge is 0.338 e. The summed E-state index contributed by atoms with van der Waals surface area (Å²) in [6.07, 6.45) is 1.52. The van der Waals surface area contributed by atoms with Crippen LogP contribution in [0.15, 0.2) is 57.5 Å². The molecule has 2 aliphatic heterocycles. The second kappa shape index (κ2) is 9.31. The minimum atomic E-state index is -0.682. The van der Waals surface area contributed by atoms with Gasteiger partial charge in [0, 0.05) is 0 Å². The monoisotopic (exact) mass is 506 g/mol. The Labute approximate surface area is 211 Å². The molecule has 0 bridgehead atoms. The average molecular weight is 507 g/mol. The Morgan fingerprint density at radius 3 is 2.53 bits per heavy atom. The molecule has 36 heavy (non-hydrogen) atoms. The van der Waals surface area contributed by atoms with Crippen LogP contribution >= 0.6 is 11.3 Å². The van der Waals surface area contributed by atoms with E-state index < -0.39 is 12.0 Å². The number of esters is 1. The van der Waals surface area contributed by atoms with Crippen molar-refractivity contribution in [2.24, 2.45) is 4.99 Å². The minimum absolute atomic E-state index is 0.177. The number of hydrogen-bond donors (Lipinski definition) is 0. The average Bonchev–Trinajstić information content (AvgIpc) is 3.41. The highest BCUT2D eigenvalue weighted by atomic mass is 32.1. The molecule has 3 aromatic rings. The number of benzene rings is 2. The number of aromatic nitrogens is 1. The van der Waals surface area contributed by atoms with Crippen LogP contribution in [0.4, 0.5) is 0 Å². The molecule has 0 amide bonds. The van der Waals surface area contributed by atoms with E-state index in [9.17, 15) is 9.59 Å². The summed E-state index contributed by atoms with van der Waals surface area (Å²) in [6.45, 7) is 7.48. The fourth-order valence-electron chi connectivity index (χ4n) is 4.32. The van der Waals surface area contributed by atoms with Crippen LogP contribution in [0, 0.1) is 6.92 Å². The van der Waals surface area contributed by atoms with Gasteiger partial charge in [0.15, 0.2) is 16.3 Å². The van der Waals surface area contributed by atoms with E-state index in [1.807, 2.05) is 49.4 Å². The molecule has 8 nitrogen and oxygen atoms in total. The van der Waals surface area contributed by atoms with Gasteiger partial charge >= 0.3 is 5.97 Å². The van der Waals surface area contributed by atoms with Gasteiger partial charge in [-0.15, -0.1) is 0 Å². The Bertz CT molecular complexity index is 1560. The number of aryl methyl sites for hydroxylation is 1. The third-order valence-corrected chi connectivity index (χ3v) is 7.05. The Morgan fingerprint density at radius 2 is 1.86 bits per heavy atom. The Hall–Kier alpha value is -3.85. The van der Waals surface area contributed by atoms with Crippen LogP contribution in [0.2, 0.25) is 0 Å². The number of rotatable bonds is 5. The minimum Gasteiger partial charge on any atom is -0.497 e. The molecule has 1 atom stereocenters. The second-order valence-corrected chi connectivity index (χ2v) is 9.88. The number of nitrogens with zero attached hydrogens (tertiary/aromatic N) is 2. The molecule has 186 valence electrons. The van der Waals surface area contributed by atoms with Crippen LogP contribution in [0.3, 0.4) is 0 Å². The lowest BCUT2D eigenvalue weighted by Gasteiger charge is -2.25. The van der Waals surface area contributed by atoms with E-state index in [0.717, 1.165) is 16.7 Å². The highest BCUT2D eigenvalue weighted by molar-refractivity contribution is 7.07. The van der Waals surface area contributed by atoms with E-state index in [1.165, 1.54) is 11.3 Å². The Morgan fingerprint density at radius 1 is 1.17 bits per heavy atom. The van der Waals surface area contributed by atoms with Gasteiger partial charge in [0.1, 0.15) is 5.75 Å². The molecule has 2 aromatic carbocycles. The summed E-state index contributed by atoms with van der Waals surface area (Å²) >= 11 is 1.28. The topological polar surface area (TPSA) is 88.4 Å². The van der Waals surface area contributed by atoms with Crippen molar-refractivity contribution in [3.8, 4) is 17.2 Å². The fourth-order valence-corrected chi connectivity index (χ4v) is 5.36. The van der Waals surface area contributed by atoms with Crippen molar-refractivity contribution in [2.45, 2.75) is 39.8 Å². The van der Waals surface area contributed by atoms with Gasteiger partial charge in [0.05, 0.1) is 35.1 Å². The summed E-state index contributed by atoms with van der Waals surface area (Å²) in [5, 5.41) is 0. The van der Waals surface area contributed by atoms with E-state index in [0.29, 0.717) is 37.9 Å². The zero-order chi connectivity index (χ0) is 25.6. The van der Waals surface area contributed by atoms with Crippen LogP contribution in [0.1, 0.15) is 43.5 Å².